The lowest BCUT2D eigenvalue weighted by Crippen LogP contribution is -2.70. The van der Waals surface area contributed by atoms with E-state index in [1.165, 1.54) is 54.0 Å². The van der Waals surface area contributed by atoms with Gasteiger partial charge in [0.05, 0.1) is 13.2 Å². The molecule has 2 N–H and O–H groups in total. The number of hydrogen-bond donors (Lipinski definition) is 2. The molecule has 1 aromatic heterocycles. The van der Waals surface area contributed by atoms with Crippen molar-refractivity contribution in [1.82, 2.24) is 4.98 Å². The summed E-state index contributed by atoms with van der Waals surface area (Å²) in [4.78, 5) is 28.2. The number of H-pyrrole nitrogens is 1. The lowest BCUT2D eigenvalue weighted by Gasteiger charge is -2.42. The van der Waals surface area contributed by atoms with Crippen molar-refractivity contribution in [2.24, 2.45) is 5.92 Å². The summed E-state index contributed by atoms with van der Waals surface area (Å²) in [6, 6.07) is 5.12. The van der Waals surface area contributed by atoms with Crippen LogP contribution in [0.25, 0.3) is 11.1 Å². The van der Waals surface area contributed by atoms with E-state index < -0.39 is 96.2 Å². The predicted octanol–water partition coefficient (Wildman–Crippen LogP) is 11.4. The molecule has 0 aliphatic carbocycles. The van der Waals surface area contributed by atoms with Crippen LogP contribution in [-0.2, 0) is 13.9 Å². The molecule has 0 radical (unpaired) electrons. The summed E-state index contributed by atoms with van der Waals surface area (Å²) >= 11 is 0. The number of ether oxygens (including phenoxy) is 3. The normalized spacial score (nSPS) is 14.7. The highest BCUT2D eigenvalue weighted by atomic mass is 28.4. The van der Waals surface area contributed by atoms with Crippen LogP contribution in [0.1, 0.15) is 64.7 Å². The maximum atomic E-state index is 14.9. The number of benzene rings is 1. The molecule has 0 fully saturated rings. The van der Waals surface area contributed by atoms with Crippen molar-refractivity contribution in [2.45, 2.75) is 107 Å². The fourth-order valence-corrected chi connectivity index (χ4v) is 10.8. The van der Waals surface area contributed by atoms with Crippen LogP contribution >= 0.6 is 0 Å². The Balaban J connectivity index is 2.29. The Labute approximate surface area is 344 Å². The molecule has 346 valence electrons. The molecule has 0 aliphatic heterocycles. The van der Waals surface area contributed by atoms with Crippen molar-refractivity contribution in [3.8, 4) is 22.6 Å². The van der Waals surface area contributed by atoms with Gasteiger partial charge in [-0.3, -0.25) is 9.59 Å². The predicted molar refractivity (Wildman–Crippen MR) is 201 cm³/mol. The minimum atomic E-state index is -7.98. The van der Waals surface area contributed by atoms with Gasteiger partial charge < -0.3 is 28.7 Å². The molecule has 0 bridgehead atoms. The first-order valence-electron chi connectivity index (χ1n) is 18.6. The van der Waals surface area contributed by atoms with Gasteiger partial charge in [0.15, 0.2) is 20.9 Å². The lowest BCUT2D eigenvalue weighted by molar-refractivity contribution is -0.440. The monoisotopic (exact) mass is 917 g/mol. The van der Waals surface area contributed by atoms with E-state index in [9.17, 15) is 71.8 Å². The number of halogens is 13. The number of rotatable bonds is 24. The topological polar surface area (TPSA) is 107 Å². The van der Waals surface area contributed by atoms with Gasteiger partial charge in [-0.05, 0) is 60.2 Å². The van der Waals surface area contributed by atoms with Gasteiger partial charge in [-0.2, -0.15) is 57.1 Å². The zero-order valence-electron chi connectivity index (χ0n) is 34.1. The molecule has 0 saturated carbocycles. The second-order valence-electron chi connectivity index (χ2n) is 14.8. The number of aromatic nitrogens is 1. The standard InChI is InChI=1S/C39H48F13NO7Si/c1-8-26(19-25(6)9-14-30(54)31-32(55)29(20-53-33(31)56)27-10-12-28(13-11-27)59-22-58-17-16-57-7)21-60-61(23(2)3,24(4)5)18-15-34(40,41)35(42,43)36(44,45)37(46,47)38(48,49)39(50,51)52/h9-14,19-20,23-24,26H,8,15-18,21-22H2,1-7H3,(H2,53,55,56)/b14-9+,25-19+/t26-/m0/s1. The quantitative estimate of drug-likeness (QED) is 0.0205. The van der Waals surface area contributed by atoms with Crippen LogP contribution in [0, 0.1) is 5.92 Å². The van der Waals surface area contributed by atoms with E-state index in [1.54, 1.807) is 37.3 Å². The van der Waals surface area contributed by atoms with Crippen LogP contribution in [0.2, 0.25) is 17.1 Å². The highest BCUT2D eigenvalue weighted by molar-refractivity contribution is 6.76. The fourth-order valence-electron chi connectivity index (χ4n) is 6.24. The van der Waals surface area contributed by atoms with Gasteiger partial charge in [0, 0.05) is 31.9 Å². The van der Waals surface area contributed by atoms with Gasteiger partial charge in [0.1, 0.15) is 17.1 Å². The number of hydrogen-bond acceptors (Lipinski definition) is 7. The first-order valence-corrected chi connectivity index (χ1v) is 20.9. The molecule has 0 amide bonds. The van der Waals surface area contributed by atoms with Crippen molar-refractivity contribution < 1.29 is 85.6 Å². The van der Waals surface area contributed by atoms with Gasteiger partial charge in [0.25, 0.3) is 5.56 Å². The largest absolute Gasteiger partial charge is 0.506 e. The van der Waals surface area contributed by atoms with Crippen molar-refractivity contribution in [3.63, 3.8) is 0 Å². The number of pyridine rings is 1. The summed E-state index contributed by atoms with van der Waals surface area (Å²) in [5.41, 5.74) is -2.09. The lowest BCUT2D eigenvalue weighted by atomic mass is 9.93. The van der Waals surface area contributed by atoms with Gasteiger partial charge in [0.2, 0.25) is 0 Å². The van der Waals surface area contributed by atoms with Crippen LogP contribution in [0.15, 0.2) is 59.1 Å². The minimum absolute atomic E-state index is 0.0588. The molecule has 1 atom stereocenters. The number of ketones is 1. The van der Waals surface area contributed by atoms with E-state index in [0.717, 1.165) is 6.08 Å². The number of carbonyl (C=O) groups is 1. The van der Waals surface area contributed by atoms with Crippen molar-refractivity contribution in [3.05, 3.63) is 70.2 Å². The molecule has 22 heteroatoms. The molecular formula is C39H48F13NO7Si. The Morgan fingerprint density at radius 2 is 1.39 bits per heavy atom. The highest BCUT2D eigenvalue weighted by Crippen LogP contribution is 2.61. The molecule has 0 aliphatic rings. The Morgan fingerprint density at radius 3 is 1.90 bits per heavy atom. The average molecular weight is 918 g/mol. The SMILES string of the molecule is CC[C@@H](/C=C(C)/C=C/C(=O)c1c(O)c(-c2ccc(OCOCCOC)cc2)c[nH]c1=O)CO[Si](CCC(F)(F)C(F)(F)C(F)(F)C(F)(F)C(F)(F)C(F)(F)F)(C(C)C)C(C)C. The second kappa shape index (κ2) is 20.5. The molecule has 61 heavy (non-hydrogen) atoms. The average Bonchev–Trinajstić information content (AvgIpc) is 3.15. The van der Waals surface area contributed by atoms with E-state index in [2.05, 4.69) is 4.98 Å². The number of aromatic hydroxyl groups is 1. The van der Waals surface area contributed by atoms with E-state index in [-0.39, 0.29) is 25.4 Å². The zero-order valence-corrected chi connectivity index (χ0v) is 35.1. The maximum absolute atomic E-state index is 14.9. The number of aromatic amines is 1. The summed E-state index contributed by atoms with van der Waals surface area (Å²) in [5.74, 6) is -39.0. The third-order valence-electron chi connectivity index (χ3n) is 10.1. The maximum Gasteiger partial charge on any atom is 0.460 e. The molecular weight excluding hydrogens is 869 g/mol. The van der Waals surface area contributed by atoms with Gasteiger partial charge in [-0.1, -0.05) is 64.5 Å². The summed E-state index contributed by atoms with van der Waals surface area (Å²) < 4.78 is 201. The third kappa shape index (κ3) is 11.6. The van der Waals surface area contributed by atoms with E-state index in [0.29, 0.717) is 30.1 Å². The summed E-state index contributed by atoms with van der Waals surface area (Å²) in [5, 5.41) is 11.0. The van der Waals surface area contributed by atoms with Crippen molar-refractivity contribution >= 4 is 14.1 Å². The zero-order chi connectivity index (χ0) is 47.0. The second-order valence-corrected chi connectivity index (χ2v) is 19.8. The molecule has 8 nitrogen and oxygen atoms in total. The Bertz CT molecular complexity index is 1870. The van der Waals surface area contributed by atoms with Crippen LogP contribution in [0.4, 0.5) is 57.1 Å². The van der Waals surface area contributed by atoms with Gasteiger partial charge >= 0.3 is 35.8 Å². The molecule has 0 saturated heterocycles. The van der Waals surface area contributed by atoms with E-state index in [1.807, 2.05) is 0 Å². The smallest absolute Gasteiger partial charge is 0.460 e. The minimum Gasteiger partial charge on any atom is -0.506 e. The number of alkyl halides is 13. The number of methoxy groups -OCH3 is 1. The third-order valence-corrected chi connectivity index (χ3v) is 15.7. The first kappa shape index (κ1) is 53.2. The summed E-state index contributed by atoms with van der Waals surface area (Å²) in [6.07, 6.45) is -4.52. The fraction of sp³-hybridized carbons (Fsp3) is 0.590. The molecule has 0 spiro atoms. The number of nitrogens with one attached hydrogen (secondary N) is 1. The van der Waals surface area contributed by atoms with Crippen LogP contribution in [0.5, 0.6) is 11.5 Å². The Hall–Kier alpha value is -3.89. The van der Waals surface area contributed by atoms with Crippen LogP contribution < -0.4 is 10.3 Å². The summed E-state index contributed by atoms with van der Waals surface area (Å²) in [7, 11) is -2.32. The van der Waals surface area contributed by atoms with Crippen molar-refractivity contribution in [2.75, 3.05) is 33.7 Å². The highest BCUT2D eigenvalue weighted by Gasteiger charge is 2.90. The van der Waals surface area contributed by atoms with Crippen LogP contribution in [-0.4, -0.2) is 93.7 Å². The van der Waals surface area contributed by atoms with Crippen molar-refractivity contribution in [1.29, 1.82) is 0 Å². The summed E-state index contributed by atoms with van der Waals surface area (Å²) in [6.45, 7) is 9.23. The van der Waals surface area contributed by atoms with E-state index >= 15 is 0 Å². The Kier molecular flexibility index (Phi) is 17.9. The molecule has 1 aromatic carbocycles. The number of carbonyl (C=O) groups excluding carboxylic acids is 1. The molecule has 1 heterocycles. The molecule has 2 rings (SSSR count). The number of allylic oxidation sites excluding steroid dienone is 3. The van der Waals surface area contributed by atoms with Gasteiger partial charge in [-0.15, -0.1) is 0 Å². The van der Waals surface area contributed by atoms with Crippen LogP contribution in [0.3, 0.4) is 0 Å². The first-order chi connectivity index (χ1) is 27.9. The molecule has 0 unspecified atom stereocenters. The molecule has 2 aromatic rings. The van der Waals surface area contributed by atoms with E-state index in [4.69, 9.17) is 18.6 Å². The van der Waals surface area contributed by atoms with Gasteiger partial charge in [-0.25, -0.2) is 0 Å². The Morgan fingerprint density at radius 1 is 0.836 bits per heavy atom.